The number of halogens is 4. The van der Waals surface area contributed by atoms with Gasteiger partial charge in [0.2, 0.25) is 5.95 Å². The highest BCUT2D eigenvalue weighted by molar-refractivity contribution is 6.30. The van der Waals surface area contributed by atoms with Gasteiger partial charge in [0.05, 0.1) is 11.4 Å². The monoisotopic (exact) mass is 278 g/mol. The van der Waals surface area contributed by atoms with Gasteiger partial charge >= 0.3 is 6.18 Å². The van der Waals surface area contributed by atoms with Gasteiger partial charge in [0, 0.05) is 12.2 Å². The topological polar surface area (TPSA) is 42.2 Å². The lowest BCUT2D eigenvalue weighted by molar-refractivity contribution is -0.136. The second-order valence-electron chi connectivity index (χ2n) is 3.95. The predicted molar refractivity (Wildman–Crippen MR) is 61.8 cm³/mol. The smallest absolute Gasteiger partial charge is 0.350 e. The fourth-order valence-corrected chi connectivity index (χ4v) is 1.69. The van der Waals surface area contributed by atoms with E-state index < -0.39 is 18.6 Å². The third-order valence-electron chi connectivity index (χ3n) is 2.21. The van der Waals surface area contributed by atoms with Gasteiger partial charge in [-0.3, -0.25) is 0 Å². The minimum Gasteiger partial charge on any atom is -0.350 e. The van der Waals surface area contributed by atoms with Crippen LogP contribution in [0.4, 0.5) is 19.1 Å². The van der Waals surface area contributed by atoms with E-state index in [0.717, 1.165) is 0 Å². The average Bonchev–Trinajstić information content (AvgIpc) is 2.55. The Bertz CT molecular complexity index is 552. The summed E-state index contributed by atoms with van der Waals surface area (Å²) in [5.74, 6) is 0.147. The van der Waals surface area contributed by atoms with Crippen LogP contribution in [0, 0.1) is 0 Å². The summed E-state index contributed by atoms with van der Waals surface area (Å²) < 4.78 is 37.9. The first-order valence-corrected chi connectivity index (χ1v) is 5.56. The van der Waals surface area contributed by atoms with Crippen LogP contribution in [0.1, 0.15) is 13.3 Å². The van der Waals surface area contributed by atoms with Crippen LogP contribution in [-0.2, 0) is 0 Å². The van der Waals surface area contributed by atoms with E-state index >= 15 is 0 Å². The molecule has 2 heterocycles. The first-order valence-electron chi connectivity index (χ1n) is 5.19. The number of nitrogens with zero attached hydrogens (tertiary/aromatic N) is 3. The number of rotatable bonds is 3. The Hall–Kier alpha value is -1.50. The third-order valence-corrected chi connectivity index (χ3v) is 2.43. The van der Waals surface area contributed by atoms with E-state index in [1.165, 1.54) is 17.6 Å². The molecule has 0 aliphatic heterocycles. The van der Waals surface area contributed by atoms with Crippen LogP contribution in [0.2, 0.25) is 5.02 Å². The number of aromatic nitrogens is 3. The zero-order valence-corrected chi connectivity index (χ0v) is 10.1. The van der Waals surface area contributed by atoms with Crippen molar-refractivity contribution in [2.45, 2.75) is 25.6 Å². The van der Waals surface area contributed by atoms with Crippen molar-refractivity contribution >= 4 is 23.2 Å². The van der Waals surface area contributed by atoms with Crippen molar-refractivity contribution in [1.82, 2.24) is 14.6 Å². The van der Waals surface area contributed by atoms with E-state index in [9.17, 15) is 13.2 Å². The Morgan fingerprint density at radius 3 is 2.83 bits per heavy atom. The number of alkyl halides is 3. The largest absolute Gasteiger partial charge is 0.391 e. The van der Waals surface area contributed by atoms with Crippen LogP contribution in [0.15, 0.2) is 18.3 Å². The van der Waals surface area contributed by atoms with Gasteiger partial charge in [-0.1, -0.05) is 11.6 Å². The molecule has 4 nitrogen and oxygen atoms in total. The summed E-state index contributed by atoms with van der Waals surface area (Å²) >= 11 is 5.76. The van der Waals surface area contributed by atoms with E-state index in [1.54, 1.807) is 12.1 Å². The molecule has 0 saturated heterocycles. The molecule has 98 valence electrons. The Morgan fingerprint density at radius 1 is 1.44 bits per heavy atom. The lowest BCUT2D eigenvalue weighted by Gasteiger charge is -2.13. The van der Waals surface area contributed by atoms with Gasteiger partial charge < -0.3 is 5.32 Å². The molecule has 0 aromatic carbocycles. The van der Waals surface area contributed by atoms with Crippen LogP contribution in [0.3, 0.4) is 0 Å². The van der Waals surface area contributed by atoms with Gasteiger partial charge in [-0.15, -0.1) is 5.10 Å². The normalized spacial score (nSPS) is 13.8. The van der Waals surface area contributed by atoms with Crippen LogP contribution >= 0.6 is 11.6 Å². The molecule has 0 saturated carbocycles. The highest BCUT2D eigenvalue weighted by Crippen LogP contribution is 2.22. The summed E-state index contributed by atoms with van der Waals surface area (Å²) in [5, 5.41) is 7.06. The molecule has 0 fully saturated rings. The van der Waals surface area contributed by atoms with E-state index in [4.69, 9.17) is 11.6 Å². The van der Waals surface area contributed by atoms with Crippen molar-refractivity contribution in [3.05, 3.63) is 23.4 Å². The Labute approximate surface area is 106 Å². The van der Waals surface area contributed by atoms with Crippen molar-refractivity contribution in [2.24, 2.45) is 0 Å². The molecule has 8 heteroatoms. The second-order valence-corrected chi connectivity index (χ2v) is 4.39. The van der Waals surface area contributed by atoms with Crippen LogP contribution < -0.4 is 5.32 Å². The van der Waals surface area contributed by atoms with Gasteiger partial charge in [0.15, 0.2) is 5.65 Å². The molecule has 1 unspecified atom stereocenters. The van der Waals surface area contributed by atoms with Gasteiger partial charge in [0.1, 0.15) is 0 Å². The van der Waals surface area contributed by atoms with Gasteiger partial charge in [-0.25, -0.2) is 4.52 Å². The number of hydrogen-bond acceptors (Lipinski definition) is 3. The average molecular weight is 279 g/mol. The molecule has 1 N–H and O–H groups in total. The maximum Gasteiger partial charge on any atom is 0.391 e. The summed E-state index contributed by atoms with van der Waals surface area (Å²) in [7, 11) is 0. The van der Waals surface area contributed by atoms with Gasteiger partial charge in [0.25, 0.3) is 0 Å². The molecule has 2 aromatic rings. The lowest BCUT2D eigenvalue weighted by Crippen LogP contribution is -2.24. The van der Waals surface area contributed by atoms with E-state index in [2.05, 4.69) is 15.4 Å². The Balaban J connectivity index is 2.12. The highest BCUT2D eigenvalue weighted by atomic mass is 35.5. The molecule has 0 spiro atoms. The molecule has 0 radical (unpaired) electrons. The molecule has 0 aliphatic rings. The zero-order valence-electron chi connectivity index (χ0n) is 9.37. The number of hydrogen-bond donors (Lipinski definition) is 1. The van der Waals surface area contributed by atoms with Crippen LogP contribution in [0.5, 0.6) is 0 Å². The van der Waals surface area contributed by atoms with Crippen molar-refractivity contribution in [3.8, 4) is 0 Å². The fraction of sp³-hybridized carbons (Fsp3) is 0.400. The predicted octanol–water partition coefficient (Wildman–Crippen LogP) is 3.14. The first-order chi connectivity index (χ1) is 8.33. The second kappa shape index (κ2) is 4.64. The van der Waals surface area contributed by atoms with Crippen molar-refractivity contribution in [3.63, 3.8) is 0 Å². The molecule has 1 atom stereocenters. The molecular weight excluding hydrogens is 269 g/mol. The van der Waals surface area contributed by atoms with Crippen LogP contribution in [0.25, 0.3) is 5.65 Å². The van der Waals surface area contributed by atoms with E-state index in [0.29, 0.717) is 10.7 Å². The molecular formula is C10H10ClF3N4. The summed E-state index contributed by atoms with van der Waals surface area (Å²) in [6.45, 7) is 1.42. The maximum absolute atomic E-state index is 12.2. The molecule has 0 amide bonds. The summed E-state index contributed by atoms with van der Waals surface area (Å²) in [5.41, 5.74) is 0.515. The summed E-state index contributed by atoms with van der Waals surface area (Å²) in [6.07, 6.45) is -3.62. The standard InChI is InChI=1S/C10H10ClF3N4/c1-6(4-10(12,13)14)15-9-16-8-3-2-7(11)5-18(8)17-9/h2-3,5-6H,4H2,1H3,(H,15,17). The zero-order chi connectivity index (χ0) is 13.3. The minimum absolute atomic E-state index is 0.147. The van der Waals surface area contributed by atoms with E-state index in [1.807, 2.05) is 0 Å². The molecule has 2 rings (SSSR count). The fourth-order valence-electron chi connectivity index (χ4n) is 1.54. The summed E-state index contributed by atoms with van der Waals surface area (Å²) in [6, 6.07) is 2.47. The number of fused-ring (bicyclic) bond motifs is 1. The van der Waals surface area contributed by atoms with Crippen molar-refractivity contribution in [2.75, 3.05) is 5.32 Å². The quantitative estimate of drug-likeness (QED) is 0.938. The van der Waals surface area contributed by atoms with Gasteiger partial charge in [-0.2, -0.15) is 18.2 Å². The van der Waals surface area contributed by atoms with Crippen molar-refractivity contribution < 1.29 is 13.2 Å². The van der Waals surface area contributed by atoms with Crippen molar-refractivity contribution in [1.29, 1.82) is 0 Å². The molecule has 2 aromatic heterocycles. The number of pyridine rings is 1. The maximum atomic E-state index is 12.2. The Morgan fingerprint density at radius 2 is 2.17 bits per heavy atom. The minimum atomic E-state index is -4.21. The number of anilines is 1. The molecule has 18 heavy (non-hydrogen) atoms. The first kappa shape index (κ1) is 12.9. The van der Waals surface area contributed by atoms with E-state index in [-0.39, 0.29) is 5.95 Å². The molecule has 0 bridgehead atoms. The number of nitrogens with one attached hydrogen (secondary N) is 1. The van der Waals surface area contributed by atoms with Crippen LogP contribution in [-0.4, -0.2) is 26.8 Å². The third kappa shape index (κ3) is 3.25. The van der Waals surface area contributed by atoms with Gasteiger partial charge in [-0.05, 0) is 19.1 Å². The lowest BCUT2D eigenvalue weighted by atomic mass is 10.2. The Kier molecular flexibility index (Phi) is 3.34. The highest BCUT2D eigenvalue weighted by Gasteiger charge is 2.30. The summed E-state index contributed by atoms with van der Waals surface area (Å²) in [4.78, 5) is 4.04. The SMILES string of the molecule is CC(CC(F)(F)F)Nc1nc2ccc(Cl)cn2n1. The molecule has 0 aliphatic carbocycles.